The van der Waals surface area contributed by atoms with Crippen LogP contribution in [-0.4, -0.2) is 35.5 Å². The second kappa shape index (κ2) is 6.25. The molecule has 0 atom stereocenters. The number of halogens is 1. The Kier molecular flexibility index (Phi) is 5.90. The number of hydrogen-bond acceptors (Lipinski definition) is 2. The maximum absolute atomic E-state index is 12.2. The second-order valence-corrected chi connectivity index (χ2v) is 5.45. The predicted molar refractivity (Wildman–Crippen MR) is 77.2 cm³/mol. The number of nitrogens with two attached hydrogens (primary N) is 1. The summed E-state index contributed by atoms with van der Waals surface area (Å²) in [5, 5.41) is 0. The van der Waals surface area contributed by atoms with Gasteiger partial charge < -0.3 is 15.2 Å². The normalized spacial score (nSPS) is 11.0. The van der Waals surface area contributed by atoms with Crippen molar-refractivity contribution in [2.75, 3.05) is 20.1 Å². The molecule has 0 fully saturated rings. The highest BCUT2D eigenvalue weighted by molar-refractivity contribution is 5.92. The van der Waals surface area contributed by atoms with Crippen LogP contribution in [0, 0.1) is 12.3 Å². The van der Waals surface area contributed by atoms with Crippen LogP contribution < -0.4 is 5.73 Å². The molecule has 2 N–H and O–H groups in total. The lowest BCUT2D eigenvalue weighted by Crippen LogP contribution is -2.40. The van der Waals surface area contributed by atoms with Gasteiger partial charge in [-0.1, -0.05) is 13.8 Å². The van der Waals surface area contributed by atoms with Crippen molar-refractivity contribution in [1.82, 2.24) is 9.47 Å². The van der Waals surface area contributed by atoms with Crippen molar-refractivity contribution in [2.24, 2.45) is 18.2 Å². The third kappa shape index (κ3) is 3.75. The minimum absolute atomic E-state index is 0. The molecule has 1 amide bonds. The molecule has 0 unspecified atom stereocenters. The molecule has 1 aromatic heterocycles. The summed E-state index contributed by atoms with van der Waals surface area (Å²) in [7, 11) is 3.73. The lowest BCUT2D eigenvalue weighted by atomic mass is 9.93. The van der Waals surface area contributed by atoms with E-state index in [1.807, 2.05) is 37.7 Å². The molecule has 0 aliphatic carbocycles. The van der Waals surface area contributed by atoms with E-state index in [9.17, 15) is 4.79 Å². The number of aryl methyl sites for hydroxylation is 1. The Morgan fingerprint density at radius 3 is 2.39 bits per heavy atom. The monoisotopic (exact) mass is 273 g/mol. The minimum atomic E-state index is -0.0510. The molecule has 0 aliphatic rings. The van der Waals surface area contributed by atoms with Gasteiger partial charge in [0.15, 0.2) is 0 Å². The van der Waals surface area contributed by atoms with E-state index in [4.69, 9.17) is 5.73 Å². The maximum Gasteiger partial charge on any atom is 0.270 e. The van der Waals surface area contributed by atoms with Crippen LogP contribution in [0.3, 0.4) is 0 Å². The smallest absolute Gasteiger partial charge is 0.270 e. The van der Waals surface area contributed by atoms with Gasteiger partial charge in [0.25, 0.3) is 5.91 Å². The third-order valence-electron chi connectivity index (χ3n) is 3.16. The molecule has 0 spiro atoms. The average Bonchev–Trinajstić information content (AvgIpc) is 2.58. The SMILES string of the molecule is Cc1ccc(C(=O)N(C)CC(C)(C)CN)n1C.Cl. The third-order valence-corrected chi connectivity index (χ3v) is 3.16. The number of aromatic nitrogens is 1. The van der Waals surface area contributed by atoms with E-state index >= 15 is 0 Å². The predicted octanol–water partition coefficient (Wildman–Crippen LogP) is 1.81. The van der Waals surface area contributed by atoms with Gasteiger partial charge in [0.1, 0.15) is 5.69 Å². The summed E-state index contributed by atoms with van der Waals surface area (Å²) >= 11 is 0. The first-order chi connectivity index (χ1) is 7.78. The van der Waals surface area contributed by atoms with Gasteiger partial charge in [-0.3, -0.25) is 4.79 Å². The van der Waals surface area contributed by atoms with Gasteiger partial charge in [0.2, 0.25) is 0 Å². The Balaban J connectivity index is 0.00000289. The maximum atomic E-state index is 12.2. The summed E-state index contributed by atoms with van der Waals surface area (Å²) < 4.78 is 1.91. The van der Waals surface area contributed by atoms with Gasteiger partial charge >= 0.3 is 0 Å². The van der Waals surface area contributed by atoms with Crippen LogP contribution in [-0.2, 0) is 7.05 Å². The lowest BCUT2D eigenvalue weighted by molar-refractivity contribution is 0.0731. The second-order valence-electron chi connectivity index (χ2n) is 5.45. The summed E-state index contributed by atoms with van der Waals surface area (Å²) in [6, 6.07) is 3.82. The summed E-state index contributed by atoms with van der Waals surface area (Å²) in [6.45, 7) is 7.34. The number of hydrogen-bond donors (Lipinski definition) is 1. The zero-order chi connectivity index (χ0) is 13.2. The first kappa shape index (κ1) is 17.0. The standard InChI is InChI=1S/C13H23N3O.ClH/c1-10-6-7-11(16(10)5)12(17)15(4)9-13(2,3)8-14;/h6-7H,8-9,14H2,1-5H3;1H. The Morgan fingerprint density at radius 2 is 2.00 bits per heavy atom. The lowest BCUT2D eigenvalue weighted by Gasteiger charge is -2.29. The molecule has 0 radical (unpaired) electrons. The highest BCUT2D eigenvalue weighted by Crippen LogP contribution is 2.16. The van der Waals surface area contributed by atoms with Gasteiger partial charge in [0.05, 0.1) is 0 Å². The number of carbonyl (C=O) groups is 1. The number of amides is 1. The molecule has 4 nitrogen and oxygen atoms in total. The van der Waals surface area contributed by atoms with E-state index in [2.05, 4.69) is 13.8 Å². The molecule has 0 aromatic carbocycles. The van der Waals surface area contributed by atoms with Crippen LogP contribution in [0.4, 0.5) is 0 Å². The molecular weight excluding hydrogens is 250 g/mol. The van der Waals surface area contributed by atoms with E-state index in [-0.39, 0.29) is 23.7 Å². The van der Waals surface area contributed by atoms with E-state index in [1.165, 1.54) is 0 Å². The highest BCUT2D eigenvalue weighted by atomic mass is 35.5. The zero-order valence-corrected chi connectivity index (χ0v) is 12.7. The Labute approximate surface area is 116 Å². The summed E-state index contributed by atoms with van der Waals surface area (Å²) in [4.78, 5) is 14.0. The molecule has 0 saturated heterocycles. The van der Waals surface area contributed by atoms with Crippen LogP contribution in [0.2, 0.25) is 0 Å². The van der Waals surface area contributed by atoms with E-state index in [1.54, 1.807) is 4.90 Å². The summed E-state index contributed by atoms with van der Waals surface area (Å²) in [6.07, 6.45) is 0. The van der Waals surface area contributed by atoms with Gasteiger partial charge in [0, 0.05) is 26.3 Å². The topological polar surface area (TPSA) is 51.3 Å². The highest BCUT2D eigenvalue weighted by Gasteiger charge is 2.23. The average molecular weight is 274 g/mol. The molecule has 104 valence electrons. The van der Waals surface area contributed by atoms with Gasteiger partial charge in [-0.05, 0) is 31.0 Å². The molecular formula is C13H24ClN3O. The van der Waals surface area contributed by atoms with E-state index < -0.39 is 0 Å². The fraction of sp³-hybridized carbons (Fsp3) is 0.615. The van der Waals surface area contributed by atoms with E-state index in [0.29, 0.717) is 13.1 Å². The molecule has 0 aliphatic heterocycles. The molecule has 18 heavy (non-hydrogen) atoms. The van der Waals surface area contributed by atoms with Gasteiger partial charge in [-0.2, -0.15) is 0 Å². The molecule has 1 rings (SSSR count). The number of carbonyl (C=O) groups excluding carboxylic acids is 1. The fourth-order valence-electron chi connectivity index (χ4n) is 1.80. The molecule has 1 aromatic rings. The van der Waals surface area contributed by atoms with Gasteiger partial charge in [-0.25, -0.2) is 0 Å². The van der Waals surface area contributed by atoms with Crippen molar-refractivity contribution < 1.29 is 4.79 Å². The van der Waals surface area contributed by atoms with Crippen molar-refractivity contribution in [3.63, 3.8) is 0 Å². The summed E-state index contributed by atoms with van der Waals surface area (Å²) in [5.41, 5.74) is 7.44. The largest absolute Gasteiger partial charge is 0.344 e. The van der Waals surface area contributed by atoms with Crippen molar-refractivity contribution >= 4 is 18.3 Å². The quantitative estimate of drug-likeness (QED) is 0.910. The van der Waals surface area contributed by atoms with Crippen molar-refractivity contribution in [3.05, 3.63) is 23.5 Å². The first-order valence-electron chi connectivity index (χ1n) is 5.86. The van der Waals surface area contributed by atoms with Crippen LogP contribution in [0.15, 0.2) is 12.1 Å². The number of nitrogens with zero attached hydrogens (tertiary/aromatic N) is 2. The fourth-order valence-corrected chi connectivity index (χ4v) is 1.80. The first-order valence-corrected chi connectivity index (χ1v) is 5.86. The Morgan fingerprint density at radius 1 is 1.44 bits per heavy atom. The Hall–Kier alpha value is -1.00. The van der Waals surface area contributed by atoms with Crippen LogP contribution in [0.25, 0.3) is 0 Å². The minimum Gasteiger partial charge on any atom is -0.344 e. The van der Waals surface area contributed by atoms with Gasteiger partial charge in [-0.15, -0.1) is 12.4 Å². The van der Waals surface area contributed by atoms with Crippen molar-refractivity contribution in [1.29, 1.82) is 0 Å². The molecule has 0 saturated carbocycles. The van der Waals surface area contributed by atoms with Crippen molar-refractivity contribution in [2.45, 2.75) is 20.8 Å². The number of rotatable bonds is 4. The van der Waals surface area contributed by atoms with E-state index in [0.717, 1.165) is 11.4 Å². The summed E-state index contributed by atoms with van der Waals surface area (Å²) in [5.74, 6) is 0.0436. The zero-order valence-electron chi connectivity index (χ0n) is 11.9. The van der Waals surface area contributed by atoms with Crippen LogP contribution >= 0.6 is 12.4 Å². The molecule has 1 heterocycles. The molecule has 5 heteroatoms. The van der Waals surface area contributed by atoms with Crippen LogP contribution in [0.5, 0.6) is 0 Å². The Bertz CT molecular complexity index is 412. The van der Waals surface area contributed by atoms with Crippen LogP contribution in [0.1, 0.15) is 30.0 Å². The van der Waals surface area contributed by atoms with Crippen molar-refractivity contribution in [3.8, 4) is 0 Å². The molecule has 0 bridgehead atoms.